The second-order valence-corrected chi connectivity index (χ2v) is 4.78. The van der Waals surface area contributed by atoms with E-state index in [9.17, 15) is 10.1 Å². The third-order valence-electron chi connectivity index (χ3n) is 3.17. The lowest BCUT2D eigenvalue weighted by molar-refractivity contribution is -0.386. The molecule has 1 heterocycles. The Labute approximate surface area is 116 Å². The summed E-state index contributed by atoms with van der Waals surface area (Å²) in [6, 6.07) is 4.34. The van der Waals surface area contributed by atoms with Crippen LogP contribution in [0.25, 0.3) is 0 Å². The molecule has 1 aromatic rings. The Kier molecular flexibility index (Phi) is 4.89. The first kappa shape index (κ1) is 14.7. The predicted molar refractivity (Wildman–Crippen MR) is 71.8 cm³/mol. The van der Waals surface area contributed by atoms with Gasteiger partial charge in [0, 0.05) is 19.2 Å². The molecule has 1 aliphatic heterocycles. The Bertz CT molecular complexity index is 480. The Morgan fingerprint density at radius 1 is 1.60 bits per heavy atom. The van der Waals surface area contributed by atoms with Gasteiger partial charge in [0.2, 0.25) is 0 Å². The zero-order valence-electron chi connectivity index (χ0n) is 11.3. The molecule has 1 aromatic carbocycles. The topological polar surface area (TPSA) is 85.1 Å². The fourth-order valence-corrected chi connectivity index (χ4v) is 2.07. The first-order valence-electron chi connectivity index (χ1n) is 6.41. The Morgan fingerprint density at radius 2 is 2.40 bits per heavy atom. The van der Waals surface area contributed by atoms with E-state index < -0.39 is 4.92 Å². The zero-order valence-corrected chi connectivity index (χ0v) is 11.3. The van der Waals surface area contributed by atoms with Crippen molar-refractivity contribution in [3.05, 3.63) is 33.9 Å². The van der Waals surface area contributed by atoms with Crippen LogP contribution >= 0.6 is 0 Å². The minimum atomic E-state index is -0.496. The van der Waals surface area contributed by atoms with Gasteiger partial charge in [-0.2, -0.15) is 0 Å². The van der Waals surface area contributed by atoms with Crippen molar-refractivity contribution in [3.63, 3.8) is 0 Å². The van der Waals surface area contributed by atoms with E-state index in [-0.39, 0.29) is 30.8 Å². The molecule has 0 aliphatic carbocycles. The number of nitro groups is 1. The molecule has 0 radical (unpaired) electrons. The van der Waals surface area contributed by atoms with E-state index in [1.54, 1.807) is 0 Å². The number of aliphatic hydroxyl groups is 1. The number of hydrogen-bond donors (Lipinski definition) is 1. The summed E-state index contributed by atoms with van der Waals surface area (Å²) in [6.07, 6.45) is -0.105. The largest absolute Gasteiger partial charge is 0.484 e. The molecule has 20 heavy (non-hydrogen) atoms. The fourth-order valence-electron chi connectivity index (χ4n) is 2.07. The number of nitro benzene ring substituents is 1. The Balaban J connectivity index is 2.05. The van der Waals surface area contributed by atoms with Crippen LogP contribution in [0.1, 0.15) is 5.56 Å². The Morgan fingerprint density at radius 3 is 3.05 bits per heavy atom. The van der Waals surface area contributed by atoms with Crippen molar-refractivity contribution in [2.45, 2.75) is 12.7 Å². The van der Waals surface area contributed by atoms with E-state index in [1.807, 2.05) is 7.05 Å². The van der Waals surface area contributed by atoms with Gasteiger partial charge in [-0.1, -0.05) is 0 Å². The van der Waals surface area contributed by atoms with Crippen molar-refractivity contribution >= 4 is 5.69 Å². The first-order valence-corrected chi connectivity index (χ1v) is 6.41. The molecule has 0 spiro atoms. The lowest BCUT2D eigenvalue weighted by Gasteiger charge is -2.29. The average Bonchev–Trinajstić information content (AvgIpc) is 2.44. The van der Waals surface area contributed by atoms with Crippen molar-refractivity contribution in [3.8, 4) is 5.75 Å². The third-order valence-corrected chi connectivity index (χ3v) is 3.17. The molecule has 1 N–H and O–H groups in total. The summed E-state index contributed by atoms with van der Waals surface area (Å²) in [5.41, 5.74) is 0.471. The molecule has 1 aliphatic rings. The van der Waals surface area contributed by atoms with Crippen molar-refractivity contribution in [1.29, 1.82) is 0 Å². The van der Waals surface area contributed by atoms with Crippen molar-refractivity contribution < 1.29 is 19.5 Å². The van der Waals surface area contributed by atoms with Crippen molar-refractivity contribution in [2.24, 2.45) is 0 Å². The molecule has 1 fully saturated rings. The molecule has 7 nitrogen and oxygen atoms in total. The molecule has 0 bridgehead atoms. The highest BCUT2D eigenvalue weighted by molar-refractivity contribution is 5.48. The summed E-state index contributed by atoms with van der Waals surface area (Å²) in [6.45, 7) is 2.30. The second kappa shape index (κ2) is 6.65. The van der Waals surface area contributed by atoms with Gasteiger partial charge in [0.15, 0.2) is 5.75 Å². The Hall–Kier alpha value is -1.70. The first-order chi connectivity index (χ1) is 9.60. The van der Waals surface area contributed by atoms with Gasteiger partial charge in [0.1, 0.15) is 12.7 Å². The summed E-state index contributed by atoms with van der Waals surface area (Å²) in [4.78, 5) is 12.6. The highest BCUT2D eigenvalue weighted by Crippen LogP contribution is 2.28. The van der Waals surface area contributed by atoms with Crippen LogP contribution in [0.4, 0.5) is 5.69 Å². The van der Waals surface area contributed by atoms with Gasteiger partial charge >= 0.3 is 5.69 Å². The standard InChI is InChI=1S/C13H18N2O5/c1-14-4-5-19-11(7-14)9-20-13-6-10(8-16)2-3-12(13)15(17)18/h2-3,6,11,16H,4-5,7-9H2,1H3. The molecule has 0 saturated carbocycles. The summed E-state index contributed by atoms with van der Waals surface area (Å²) < 4.78 is 11.1. The van der Waals surface area contributed by atoms with Crippen LogP contribution in [0.5, 0.6) is 5.75 Å². The SMILES string of the molecule is CN1CCOC(COc2cc(CO)ccc2[N+](=O)[O-])C1. The van der Waals surface area contributed by atoms with Gasteiger partial charge in [-0.15, -0.1) is 0 Å². The third kappa shape index (κ3) is 3.66. The monoisotopic (exact) mass is 282 g/mol. The van der Waals surface area contributed by atoms with E-state index in [2.05, 4.69) is 4.90 Å². The number of rotatable bonds is 5. The maximum atomic E-state index is 10.9. The number of nitrogens with zero attached hydrogens (tertiary/aromatic N) is 2. The summed E-state index contributed by atoms with van der Waals surface area (Å²) in [5, 5.41) is 20.0. The van der Waals surface area contributed by atoms with Crippen LogP contribution in [-0.2, 0) is 11.3 Å². The smallest absolute Gasteiger partial charge is 0.310 e. The number of ether oxygens (including phenoxy) is 2. The van der Waals surface area contributed by atoms with Gasteiger partial charge in [-0.3, -0.25) is 10.1 Å². The predicted octanol–water partition coefficient (Wildman–Crippen LogP) is 0.796. The van der Waals surface area contributed by atoms with Crippen LogP contribution in [0.3, 0.4) is 0 Å². The molecule has 7 heteroatoms. The quantitative estimate of drug-likeness (QED) is 0.635. The molecular weight excluding hydrogens is 264 g/mol. The summed E-state index contributed by atoms with van der Waals surface area (Å²) in [5.74, 6) is 0.165. The van der Waals surface area contributed by atoms with E-state index in [0.29, 0.717) is 12.2 Å². The van der Waals surface area contributed by atoms with E-state index >= 15 is 0 Å². The number of hydrogen-bond acceptors (Lipinski definition) is 6. The van der Waals surface area contributed by atoms with Gasteiger partial charge < -0.3 is 19.5 Å². The number of benzene rings is 1. The fraction of sp³-hybridized carbons (Fsp3) is 0.538. The van der Waals surface area contributed by atoms with Crippen LogP contribution in [-0.4, -0.2) is 54.4 Å². The number of morpholine rings is 1. The lowest BCUT2D eigenvalue weighted by atomic mass is 10.2. The van der Waals surface area contributed by atoms with Crippen LogP contribution < -0.4 is 4.74 Å². The number of aliphatic hydroxyl groups excluding tert-OH is 1. The average molecular weight is 282 g/mol. The molecule has 110 valence electrons. The van der Waals surface area contributed by atoms with Crippen molar-refractivity contribution in [1.82, 2.24) is 4.90 Å². The highest BCUT2D eigenvalue weighted by atomic mass is 16.6. The van der Waals surface area contributed by atoms with Gasteiger partial charge in [-0.05, 0) is 24.7 Å². The van der Waals surface area contributed by atoms with Gasteiger partial charge in [0.05, 0.1) is 18.1 Å². The van der Waals surface area contributed by atoms with E-state index in [1.165, 1.54) is 18.2 Å². The van der Waals surface area contributed by atoms with Crippen molar-refractivity contribution in [2.75, 3.05) is 33.4 Å². The molecule has 1 atom stereocenters. The zero-order chi connectivity index (χ0) is 14.5. The molecule has 2 rings (SSSR count). The number of likely N-dealkylation sites (N-methyl/N-ethyl adjacent to an activating group) is 1. The van der Waals surface area contributed by atoms with Crippen LogP contribution in [0.2, 0.25) is 0 Å². The highest BCUT2D eigenvalue weighted by Gasteiger charge is 2.21. The van der Waals surface area contributed by atoms with Crippen LogP contribution in [0.15, 0.2) is 18.2 Å². The normalized spacial score (nSPS) is 19.8. The van der Waals surface area contributed by atoms with E-state index in [0.717, 1.165) is 13.1 Å². The second-order valence-electron chi connectivity index (χ2n) is 4.78. The maximum Gasteiger partial charge on any atom is 0.310 e. The van der Waals surface area contributed by atoms with Gasteiger partial charge in [0.25, 0.3) is 0 Å². The molecule has 0 aromatic heterocycles. The summed E-state index contributed by atoms with van der Waals surface area (Å²) in [7, 11) is 1.99. The van der Waals surface area contributed by atoms with Crippen LogP contribution in [0, 0.1) is 10.1 Å². The lowest BCUT2D eigenvalue weighted by Crippen LogP contribution is -2.42. The molecule has 1 saturated heterocycles. The minimum Gasteiger partial charge on any atom is -0.484 e. The molecule has 1 unspecified atom stereocenters. The van der Waals surface area contributed by atoms with Gasteiger partial charge in [-0.25, -0.2) is 0 Å². The molecular formula is C13H18N2O5. The maximum absolute atomic E-state index is 10.9. The minimum absolute atomic E-state index is 0.105. The van der Waals surface area contributed by atoms with E-state index in [4.69, 9.17) is 14.6 Å². The molecule has 0 amide bonds. The summed E-state index contributed by atoms with van der Waals surface area (Å²) >= 11 is 0.